The number of benzene rings is 10. The van der Waals surface area contributed by atoms with Crippen LogP contribution >= 0.6 is 0 Å². The molecule has 3 nitrogen and oxygen atoms in total. The van der Waals surface area contributed by atoms with Gasteiger partial charge in [0.1, 0.15) is 16.7 Å². The average Bonchev–Trinajstić information content (AvgIpc) is 3.88. The smallest absolute Gasteiger partial charge is 0.159 e. The summed E-state index contributed by atoms with van der Waals surface area (Å²) in [6, 6.07) is 75.6. The van der Waals surface area contributed by atoms with Gasteiger partial charge < -0.3 is 13.7 Å². The fraction of sp³-hybridized carbons (Fsp3) is 0. The van der Waals surface area contributed by atoms with Crippen LogP contribution in [0.25, 0.3) is 98.8 Å². The first-order valence-electron chi connectivity index (χ1n) is 20.1. The Morgan fingerprint density at radius 2 is 0.814 bits per heavy atom. The molecule has 2 aromatic heterocycles. The molecule has 0 unspecified atom stereocenters. The Balaban J connectivity index is 1.03. The van der Waals surface area contributed by atoms with Crippen molar-refractivity contribution in [2.24, 2.45) is 0 Å². The average molecular weight is 754 g/mol. The van der Waals surface area contributed by atoms with Crippen molar-refractivity contribution in [3.8, 4) is 33.4 Å². The summed E-state index contributed by atoms with van der Waals surface area (Å²) in [5.74, 6) is 0. The van der Waals surface area contributed by atoms with E-state index in [-0.39, 0.29) is 0 Å². The van der Waals surface area contributed by atoms with E-state index >= 15 is 0 Å². The van der Waals surface area contributed by atoms with Crippen LogP contribution in [-0.4, -0.2) is 0 Å². The lowest BCUT2D eigenvalue weighted by molar-refractivity contribution is 0.669. The SMILES string of the molecule is c1ccc(-c2ccc3oc4c(N(c5ccc(-c6ccc7oc8c(-c9ccccc9)cccc8c7c6)cc5)c5cc6ccccc6c6ccccc56)cccc4c3c2)cc1. The minimum absolute atomic E-state index is 0.848. The van der Waals surface area contributed by atoms with Crippen molar-refractivity contribution in [3.05, 3.63) is 212 Å². The summed E-state index contributed by atoms with van der Waals surface area (Å²) in [4.78, 5) is 2.37. The Bertz CT molecular complexity index is 3540. The Labute approximate surface area is 340 Å². The van der Waals surface area contributed by atoms with E-state index in [9.17, 15) is 0 Å². The zero-order valence-electron chi connectivity index (χ0n) is 32.0. The van der Waals surface area contributed by atoms with Crippen molar-refractivity contribution in [2.45, 2.75) is 0 Å². The van der Waals surface area contributed by atoms with Gasteiger partial charge in [-0.1, -0.05) is 164 Å². The molecule has 0 aliphatic heterocycles. The van der Waals surface area contributed by atoms with E-state index < -0.39 is 0 Å². The molecule has 10 aromatic carbocycles. The summed E-state index contributed by atoms with van der Waals surface area (Å²) in [5, 5.41) is 9.20. The van der Waals surface area contributed by atoms with Crippen molar-refractivity contribution < 1.29 is 8.83 Å². The summed E-state index contributed by atoms with van der Waals surface area (Å²) in [5.41, 5.74) is 13.5. The van der Waals surface area contributed by atoms with Gasteiger partial charge in [0.15, 0.2) is 5.58 Å². The molecule has 0 saturated carbocycles. The first-order chi connectivity index (χ1) is 29.2. The normalized spacial score (nSPS) is 11.7. The minimum atomic E-state index is 0.848. The van der Waals surface area contributed by atoms with Gasteiger partial charge in [0.05, 0.1) is 11.4 Å². The predicted molar refractivity (Wildman–Crippen MR) is 247 cm³/mol. The van der Waals surface area contributed by atoms with Gasteiger partial charge in [-0.2, -0.15) is 0 Å². The highest BCUT2D eigenvalue weighted by Crippen LogP contribution is 2.47. The lowest BCUT2D eigenvalue weighted by atomic mass is 9.98. The van der Waals surface area contributed by atoms with E-state index in [0.29, 0.717) is 0 Å². The molecule has 0 fully saturated rings. The van der Waals surface area contributed by atoms with E-state index in [4.69, 9.17) is 8.83 Å². The van der Waals surface area contributed by atoms with Crippen LogP contribution in [0.5, 0.6) is 0 Å². The van der Waals surface area contributed by atoms with E-state index in [2.05, 4.69) is 211 Å². The third-order valence-corrected chi connectivity index (χ3v) is 11.9. The van der Waals surface area contributed by atoms with Gasteiger partial charge in [0.25, 0.3) is 0 Å². The molecule has 0 atom stereocenters. The summed E-state index contributed by atoms with van der Waals surface area (Å²) in [7, 11) is 0. The number of rotatable bonds is 6. The summed E-state index contributed by atoms with van der Waals surface area (Å²) < 4.78 is 13.4. The molecule has 0 saturated heterocycles. The summed E-state index contributed by atoms with van der Waals surface area (Å²) >= 11 is 0. The molecule has 0 aliphatic rings. The monoisotopic (exact) mass is 753 g/mol. The predicted octanol–water partition coefficient (Wildman–Crippen LogP) is 16.3. The second kappa shape index (κ2) is 13.4. The van der Waals surface area contributed by atoms with Gasteiger partial charge in [-0.3, -0.25) is 0 Å². The number of anilines is 3. The Kier molecular flexibility index (Phi) is 7.54. The largest absolute Gasteiger partial charge is 0.455 e. The molecule has 12 aromatic rings. The van der Waals surface area contributed by atoms with Crippen molar-refractivity contribution in [1.29, 1.82) is 0 Å². The van der Waals surface area contributed by atoms with Crippen LogP contribution in [0.15, 0.2) is 221 Å². The number of hydrogen-bond donors (Lipinski definition) is 0. The molecule has 0 spiro atoms. The summed E-state index contributed by atoms with van der Waals surface area (Å²) in [6.07, 6.45) is 0. The molecule has 2 heterocycles. The number of furan rings is 2. The minimum Gasteiger partial charge on any atom is -0.455 e. The fourth-order valence-corrected chi connectivity index (χ4v) is 9.02. The molecule has 0 amide bonds. The van der Waals surface area contributed by atoms with Crippen molar-refractivity contribution >= 4 is 82.5 Å². The number of hydrogen-bond acceptors (Lipinski definition) is 3. The third kappa shape index (κ3) is 5.44. The van der Waals surface area contributed by atoms with Crippen LogP contribution in [0.3, 0.4) is 0 Å². The van der Waals surface area contributed by atoms with Gasteiger partial charge in [0, 0.05) is 38.2 Å². The first kappa shape index (κ1) is 33.3. The van der Waals surface area contributed by atoms with Crippen LogP contribution in [0.1, 0.15) is 0 Å². The van der Waals surface area contributed by atoms with E-state index in [1.54, 1.807) is 0 Å². The highest BCUT2D eigenvalue weighted by Gasteiger charge is 2.23. The lowest BCUT2D eigenvalue weighted by Gasteiger charge is -2.27. The zero-order valence-corrected chi connectivity index (χ0v) is 32.0. The van der Waals surface area contributed by atoms with Crippen molar-refractivity contribution in [3.63, 3.8) is 0 Å². The Hall–Kier alpha value is -7.88. The Morgan fingerprint density at radius 1 is 0.288 bits per heavy atom. The molecule has 0 N–H and O–H groups in total. The molecule has 0 radical (unpaired) electrons. The maximum absolute atomic E-state index is 6.85. The standard InChI is InChI=1S/C56H35NO2/c1-3-13-36(14-4-1)39-27-32-54-50(33-39)48-23-12-24-51(56(48)59-54)57(52-35-41-17-7-8-18-43(41)45-19-9-10-20-46(45)52)42-29-25-37(26-30-42)40-28-31-53-49(34-40)47-22-11-21-44(55(47)58-53)38-15-5-2-6-16-38/h1-35H. The van der Waals surface area contributed by atoms with Crippen molar-refractivity contribution in [2.75, 3.05) is 4.90 Å². The quantitative estimate of drug-likeness (QED) is 0.158. The molecule has 0 bridgehead atoms. The van der Waals surface area contributed by atoms with Crippen LogP contribution in [0.4, 0.5) is 17.1 Å². The first-order valence-corrected chi connectivity index (χ1v) is 20.1. The second-order valence-electron chi connectivity index (χ2n) is 15.2. The molecular formula is C56H35NO2. The molecule has 0 aliphatic carbocycles. The van der Waals surface area contributed by atoms with Crippen molar-refractivity contribution in [1.82, 2.24) is 0 Å². The number of nitrogens with zero attached hydrogens (tertiary/aromatic N) is 1. The molecule has 12 rings (SSSR count). The summed E-state index contributed by atoms with van der Waals surface area (Å²) in [6.45, 7) is 0. The molecular weight excluding hydrogens is 719 g/mol. The highest BCUT2D eigenvalue weighted by molar-refractivity contribution is 6.17. The van der Waals surface area contributed by atoms with Gasteiger partial charge >= 0.3 is 0 Å². The maximum atomic E-state index is 6.85. The Morgan fingerprint density at radius 3 is 1.53 bits per heavy atom. The second-order valence-corrected chi connectivity index (χ2v) is 15.2. The number of fused-ring (bicyclic) bond motifs is 9. The highest BCUT2D eigenvalue weighted by atomic mass is 16.3. The molecule has 3 heteroatoms. The van der Waals surface area contributed by atoms with E-state index in [1.165, 1.54) is 27.1 Å². The van der Waals surface area contributed by atoms with Crippen LogP contribution < -0.4 is 4.90 Å². The van der Waals surface area contributed by atoms with Crippen LogP contribution in [0.2, 0.25) is 0 Å². The van der Waals surface area contributed by atoms with Gasteiger partial charge in [0.2, 0.25) is 0 Å². The van der Waals surface area contributed by atoms with Crippen LogP contribution in [-0.2, 0) is 0 Å². The lowest BCUT2D eigenvalue weighted by Crippen LogP contribution is -2.11. The molecule has 276 valence electrons. The van der Waals surface area contributed by atoms with Gasteiger partial charge in [-0.05, 0) is 92.5 Å². The maximum Gasteiger partial charge on any atom is 0.159 e. The van der Waals surface area contributed by atoms with E-state index in [0.717, 1.165) is 88.8 Å². The van der Waals surface area contributed by atoms with E-state index in [1.807, 2.05) is 6.07 Å². The topological polar surface area (TPSA) is 29.5 Å². The zero-order chi connectivity index (χ0) is 38.9. The van der Waals surface area contributed by atoms with Gasteiger partial charge in [-0.15, -0.1) is 0 Å². The van der Waals surface area contributed by atoms with Gasteiger partial charge in [-0.25, -0.2) is 0 Å². The third-order valence-electron chi connectivity index (χ3n) is 11.9. The van der Waals surface area contributed by atoms with Crippen LogP contribution in [0, 0.1) is 0 Å². The number of para-hydroxylation sites is 2. The fourth-order valence-electron chi connectivity index (χ4n) is 9.02. The molecule has 59 heavy (non-hydrogen) atoms.